The van der Waals surface area contributed by atoms with E-state index in [1.54, 1.807) is 40.0 Å². The zero-order valence-corrected chi connectivity index (χ0v) is 12.6. The second-order valence-electron chi connectivity index (χ2n) is 4.68. The second kappa shape index (κ2) is 4.82. The molecule has 0 aliphatic rings. The quantitative estimate of drug-likeness (QED) is 0.905. The average molecular weight is 295 g/mol. The van der Waals surface area contributed by atoms with Crippen LogP contribution in [0.3, 0.4) is 0 Å². The summed E-state index contributed by atoms with van der Waals surface area (Å²) >= 11 is 0. The van der Waals surface area contributed by atoms with Crippen LogP contribution in [0.15, 0.2) is 23.1 Å². The Morgan fingerprint density at radius 3 is 2.45 bits per heavy atom. The fraction of sp³-hybridized carbons (Fsp3) is 0.308. The summed E-state index contributed by atoms with van der Waals surface area (Å²) in [5.74, 6) is 0.0461. The van der Waals surface area contributed by atoms with Crippen molar-refractivity contribution in [3.63, 3.8) is 0 Å². The number of anilines is 1. The molecule has 0 amide bonds. The van der Waals surface area contributed by atoms with Crippen LogP contribution in [0.25, 0.3) is 0 Å². The molecule has 0 aliphatic carbocycles. The molecule has 0 saturated heterocycles. The molecule has 0 bridgehead atoms. The van der Waals surface area contributed by atoms with Crippen molar-refractivity contribution < 1.29 is 13.5 Å². The Balaban J connectivity index is 2.49. The first-order valence-corrected chi connectivity index (χ1v) is 7.54. The highest BCUT2D eigenvalue weighted by Crippen LogP contribution is 2.27. The molecule has 1 heterocycles. The van der Waals surface area contributed by atoms with Crippen molar-refractivity contribution in [1.29, 1.82) is 0 Å². The van der Waals surface area contributed by atoms with Gasteiger partial charge in [0.25, 0.3) is 10.0 Å². The second-order valence-corrected chi connectivity index (χ2v) is 6.30. The van der Waals surface area contributed by atoms with Crippen molar-refractivity contribution in [2.24, 2.45) is 7.05 Å². The number of nitrogens with one attached hydrogen (secondary N) is 1. The molecular formula is C13H17N3O3S. The van der Waals surface area contributed by atoms with Crippen LogP contribution in [0.1, 0.15) is 17.0 Å². The van der Waals surface area contributed by atoms with Crippen LogP contribution in [0.4, 0.5) is 5.69 Å². The van der Waals surface area contributed by atoms with Crippen molar-refractivity contribution in [2.45, 2.75) is 25.7 Å². The zero-order valence-electron chi connectivity index (χ0n) is 11.8. The lowest BCUT2D eigenvalue weighted by Crippen LogP contribution is -2.15. The van der Waals surface area contributed by atoms with Gasteiger partial charge in [-0.3, -0.25) is 9.40 Å². The molecule has 1 aromatic heterocycles. The van der Waals surface area contributed by atoms with Gasteiger partial charge in [-0.15, -0.1) is 0 Å². The van der Waals surface area contributed by atoms with Crippen LogP contribution < -0.4 is 4.72 Å². The Labute approximate surface area is 118 Å². The van der Waals surface area contributed by atoms with Crippen LogP contribution in [0.2, 0.25) is 0 Å². The summed E-state index contributed by atoms with van der Waals surface area (Å²) in [4.78, 5) is 0.169. The van der Waals surface area contributed by atoms with Gasteiger partial charge < -0.3 is 5.11 Å². The molecule has 2 rings (SSSR count). The maximum absolute atomic E-state index is 12.5. The predicted octanol–water partition coefficient (Wildman–Crippen LogP) is 1.85. The van der Waals surface area contributed by atoms with Crippen molar-refractivity contribution >= 4 is 15.7 Å². The third kappa shape index (κ3) is 2.36. The lowest BCUT2D eigenvalue weighted by molar-refractivity contribution is 0.471. The van der Waals surface area contributed by atoms with Crippen molar-refractivity contribution in [3.05, 3.63) is 35.2 Å². The van der Waals surface area contributed by atoms with E-state index in [9.17, 15) is 13.5 Å². The smallest absolute Gasteiger partial charge is 0.265 e. The van der Waals surface area contributed by atoms with E-state index in [2.05, 4.69) is 9.82 Å². The van der Waals surface area contributed by atoms with E-state index in [-0.39, 0.29) is 10.6 Å². The highest BCUT2D eigenvalue weighted by atomic mass is 32.2. The van der Waals surface area contributed by atoms with Crippen LogP contribution >= 0.6 is 0 Å². The van der Waals surface area contributed by atoms with Gasteiger partial charge in [0.05, 0.1) is 17.1 Å². The van der Waals surface area contributed by atoms with Gasteiger partial charge in [-0.2, -0.15) is 5.10 Å². The number of hydrogen-bond acceptors (Lipinski definition) is 4. The molecule has 0 radical (unpaired) electrons. The maximum atomic E-state index is 12.5. The third-order valence-corrected chi connectivity index (χ3v) is 4.88. The van der Waals surface area contributed by atoms with Gasteiger partial charge in [0.2, 0.25) is 0 Å². The first kappa shape index (κ1) is 14.4. The zero-order chi connectivity index (χ0) is 15.1. The number of aryl methyl sites for hydroxylation is 2. The van der Waals surface area contributed by atoms with Crippen LogP contribution in [0, 0.1) is 20.8 Å². The van der Waals surface area contributed by atoms with E-state index in [4.69, 9.17) is 0 Å². The van der Waals surface area contributed by atoms with E-state index in [0.717, 1.165) is 0 Å². The number of rotatable bonds is 3. The van der Waals surface area contributed by atoms with Gasteiger partial charge in [-0.05, 0) is 32.9 Å². The number of nitrogens with zero attached hydrogens (tertiary/aromatic N) is 2. The summed E-state index contributed by atoms with van der Waals surface area (Å²) in [6.45, 7) is 5.00. The van der Waals surface area contributed by atoms with E-state index in [1.165, 1.54) is 10.7 Å². The monoisotopic (exact) mass is 295 g/mol. The molecule has 6 nitrogen and oxygen atoms in total. The Morgan fingerprint density at radius 1 is 1.25 bits per heavy atom. The highest BCUT2D eigenvalue weighted by molar-refractivity contribution is 7.92. The summed E-state index contributed by atoms with van der Waals surface area (Å²) in [6, 6.07) is 4.70. The lowest BCUT2D eigenvalue weighted by Gasteiger charge is -2.11. The van der Waals surface area contributed by atoms with Gasteiger partial charge in [-0.1, -0.05) is 6.07 Å². The van der Waals surface area contributed by atoms with Crippen LogP contribution in [0.5, 0.6) is 5.75 Å². The van der Waals surface area contributed by atoms with Crippen molar-refractivity contribution in [1.82, 2.24) is 9.78 Å². The molecule has 2 N–H and O–H groups in total. The minimum Gasteiger partial charge on any atom is -0.508 e. The number of aromatic hydroxyl groups is 1. The minimum absolute atomic E-state index is 0.0461. The standard InChI is InChI=1S/C13H17N3O3S/c1-8-11(6-5-7-12(8)17)15-20(18,19)13-9(2)14-16(4)10(13)3/h5-7,15,17H,1-4H3. The van der Waals surface area contributed by atoms with E-state index in [1.807, 2.05) is 0 Å². The van der Waals surface area contributed by atoms with Crippen molar-refractivity contribution in [2.75, 3.05) is 4.72 Å². The van der Waals surface area contributed by atoms with Gasteiger partial charge in [0, 0.05) is 12.6 Å². The molecule has 0 atom stereocenters. The number of phenolic OH excluding ortho intramolecular Hbond substituents is 1. The molecule has 20 heavy (non-hydrogen) atoms. The molecule has 0 unspecified atom stereocenters. The normalized spacial score (nSPS) is 11.6. The Bertz CT molecular complexity index is 763. The summed E-state index contributed by atoms with van der Waals surface area (Å²) in [7, 11) is -2.04. The number of benzene rings is 1. The first-order valence-electron chi connectivity index (χ1n) is 6.05. The highest BCUT2D eigenvalue weighted by Gasteiger charge is 2.24. The fourth-order valence-corrected chi connectivity index (χ4v) is 3.64. The fourth-order valence-electron chi connectivity index (χ4n) is 2.07. The molecule has 0 saturated carbocycles. The largest absolute Gasteiger partial charge is 0.508 e. The molecule has 0 spiro atoms. The topological polar surface area (TPSA) is 84.2 Å². The molecule has 2 aromatic rings. The summed E-state index contributed by atoms with van der Waals surface area (Å²) in [5, 5.41) is 13.7. The molecule has 0 fully saturated rings. The van der Waals surface area contributed by atoms with Crippen LogP contribution in [-0.4, -0.2) is 23.3 Å². The van der Waals surface area contributed by atoms with E-state index < -0.39 is 10.0 Å². The Kier molecular flexibility index (Phi) is 3.47. The van der Waals surface area contributed by atoms with Gasteiger partial charge in [0.15, 0.2) is 0 Å². The summed E-state index contributed by atoms with van der Waals surface area (Å²) in [6.07, 6.45) is 0. The molecule has 7 heteroatoms. The Hall–Kier alpha value is -2.02. The number of sulfonamides is 1. The lowest BCUT2D eigenvalue weighted by atomic mass is 10.2. The minimum atomic E-state index is -3.74. The third-order valence-electron chi connectivity index (χ3n) is 3.26. The Morgan fingerprint density at radius 2 is 1.90 bits per heavy atom. The van der Waals surface area contributed by atoms with E-state index in [0.29, 0.717) is 22.6 Å². The van der Waals surface area contributed by atoms with Gasteiger partial charge >= 0.3 is 0 Å². The number of hydrogen-bond donors (Lipinski definition) is 2. The average Bonchev–Trinajstić information content (AvgIpc) is 2.59. The predicted molar refractivity (Wildman–Crippen MR) is 76.3 cm³/mol. The van der Waals surface area contributed by atoms with Gasteiger partial charge in [-0.25, -0.2) is 8.42 Å². The molecule has 1 aromatic carbocycles. The molecule has 108 valence electrons. The number of phenols is 1. The summed E-state index contributed by atoms with van der Waals surface area (Å²) < 4.78 is 29.0. The maximum Gasteiger partial charge on any atom is 0.265 e. The molecular weight excluding hydrogens is 278 g/mol. The van der Waals surface area contributed by atoms with Crippen LogP contribution in [-0.2, 0) is 17.1 Å². The van der Waals surface area contributed by atoms with Crippen molar-refractivity contribution in [3.8, 4) is 5.75 Å². The number of aromatic nitrogens is 2. The van der Waals surface area contributed by atoms with Gasteiger partial charge in [0.1, 0.15) is 10.6 Å². The summed E-state index contributed by atoms with van der Waals surface area (Å²) in [5.41, 5.74) is 1.84. The molecule has 0 aliphatic heterocycles. The SMILES string of the molecule is Cc1nn(C)c(C)c1S(=O)(=O)Nc1cccc(O)c1C. The first-order chi connectivity index (χ1) is 9.24. The van der Waals surface area contributed by atoms with E-state index >= 15 is 0 Å².